The topological polar surface area (TPSA) is 55.1 Å². The Kier molecular flexibility index (Phi) is 4.26. The maximum Gasteiger partial charge on any atom is 0.244 e. The zero-order valence-electron chi connectivity index (χ0n) is 9.18. The first kappa shape index (κ1) is 13.4. The number of halogens is 2. The Balaban J connectivity index is 2.85. The maximum atomic E-state index is 12.8. The van der Waals surface area contributed by atoms with Crippen LogP contribution in [0, 0.1) is 9.39 Å². The number of nitrogens with two attached hydrogens (primary N) is 1. The van der Waals surface area contributed by atoms with E-state index >= 15 is 0 Å². The van der Waals surface area contributed by atoms with E-state index in [-0.39, 0.29) is 11.7 Å². The SMILES string of the molecule is CCC(C)(N)C(=O)Nc1ccc(F)cc1I. The van der Waals surface area contributed by atoms with Gasteiger partial charge in [-0.05, 0) is 54.1 Å². The van der Waals surface area contributed by atoms with Crippen LogP contribution in [0.15, 0.2) is 18.2 Å². The largest absolute Gasteiger partial charge is 0.324 e. The van der Waals surface area contributed by atoms with Crippen LogP contribution in [-0.4, -0.2) is 11.4 Å². The molecule has 0 saturated heterocycles. The van der Waals surface area contributed by atoms with Gasteiger partial charge in [-0.1, -0.05) is 6.92 Å². The number of benzene rings is 1. The fraction of sp³-hybridized carbons (Fsp3) is 0.364. The lowest BCUT2D eigenvalue weighted by Crippen LogP contribution is -2.47. The Bertz CT molecular complexity index is 407. The highest BCUT2D eigenvalue weighted by atomic mass is 127. The highest BCUT2D eigenvalue weighted by Crippen LogP contribution is 2.20. The molecule has 1 rings (SSSR count). The molecule has 1 aromatic rings. The van der Waals surface area contributed by atoms with Gasteiger partial charge in [0.15, 0.2) is 0 Å². The van der Waals surface area contributed by atoms with Gasteiger partial charge in [0.1, 0.15) is 5.82 Å². The number of amides is 1. The van der Waals surface area contributed by atoms with E-state index in [0.29, 0.717) is 15.7 Å². The maximum absolute atomic E-state index is 12.8. The lowest BCUT2D eigenvalue weighted by molar-refractivity contribution is -0.120. The van der Waals surface area contributed by atoms with Crippen molar-refractivity contribution in [2.45, 2.75) is 25.8 Å². The summed E-state index contributed by atoms with van der Waals surface area (Å²) < 4.78 is 13.5. The van der Waals surface area contributed by atoms with Crippen LogP contribution in [0.3, 0.4) is 0 Å². The molecule has 0 heterocycles. The molecular weight excluding hydrogens is 322 g/mol. The summed E-state index contributed by atoms with van der Waals surface area (Å²) in [5.41, 5.74) is 5.47. The van der Waals surface area contributed by atoms with E-state index in [1.807, 2.05) is 29.5 Å². The van der Waals surface area contributed by atoms with E-state index in [0.717, 1.165) is 0 Å². The Morgan fingerprint density at radius 3 is 2.75 bits per heavy atom. The molecule has 16 heavy (non-hydrogen) atoms. The lowest BCUT2D eigenvalue weighted by atomic mass is 9.99. The average Bonchev–Trinajstić information content (AvgIpc) is 2.22. The van der Waals surface area contributed by atoms with Crippen LogP contribution in [-0.2, 0) is 4.79 Å². The highest BCUT2D eigenvalue weighted by molar-refractivity contribution is 14.1. The molecule has 5 heteroatoms. The predicted octanol–water partition coefficient (Wildman–Crippen LogP) is 2.50. The van der Waals surface area contributed by atoms with Gasteiger partial charge in [-0.2, -0.15) is 0 Å². The van der Waals surface area contributed by atoms with Crippen molar-refractivity contribution in [3.05, 3.63) is 27.6 Å². The first-order valence-corrected chi connectivity index (χ1v) is 6.00. The molecule has 1 unspecified atom stereocenters. The number of hydrogen-bond donors (Lipinski definition) is 2. The Hall–Kier alpha value is -0.690. The Morgan fingerprint density at radius 1 is 1.62 bits per heavy atom. The molecule has 0 aromatic heterocycles. The van der Waals surface area contributed by atoms with Crippen molar-refractivity contribution in [1.29, 1.82) is 0 Å². The van der Waals surface area contributed by atoms with E-state index in [1.165, 1.54) is 18.2 Å². The summed E-state index contributed by atoms with van der Waals surface area (Å²) in [5.74, 6) is -0.590. The van der Waals surface area contributed by atoms with Gasteiger partial charge < -0.3 is 11.1 Å². The van der Waals surface area contributed by atoms with Gasteiger partial charge in [0.05, 0.1) is 11.2 Å². The lowest BCUT2D eigenvalue weighted by Gasteiger charge is -2.21. The molecule has 0 bridgehead atoms. The molecule has 0 aliphatic heterocycles. The van der Waals surface area contributed by atoms with Gasteiger partial charge in [0.25, 0.3) is 0 Å². The van der Waals surface area contributed by atoms with E-state index in [2.05, 4.69) is 5.32 Å². The molecule has 88 valence electrons. The van der Waals surface area contributed by atoms with Crippen molar-refractivity contribution in [2.75, 3.05) is 5.32 Å². The summed E-state index contributed by atoms with van der Waals surface area (Å²) in [5, 5.41) is 2.69. The molecule has 3 nitrogen and oxygen atoms in total. The Morgan fingerprint density at radius 2 is 2.25 bits per heavy atom. The average molecular weight is 336 g/mol. The molecule has 0 radical (unpaired) electrons. The van der Waals surface area contributed by atoms with Crippen molar-refractivity contribution in [2.24, 2.45) is 5.73 Å². The van der Waals surface area contributed by atoms with Crippen molar-refractivity contribution in [3.8, 4) is 0 Å². The summed E-state index contributed by atoms with van der Waals surface area (Å²) in [6.45, 7) is 3.51. The molecule has 0 fully saturated rings. The van der Waals surface area contributed by atoms with Crippen LogP contribution < -0.4 is 11.1 Å². The summed E-state index contributed by atoms with van der Waals surface area (Å²) >= 11 is 1.96. The number of carbonyl (C=O) groups is 1. The molecule has 3 N–H and O–H groups in total. The molecule has 0 saturated carbocycles. The van der Waals surface area contributed by atoms with Crippen LogP contribution in [0.1, 0.15) is 20.3 Å². The van der Waals surface area contributed by atoms with Crippen LogP contribution in [0.2, 0.25) is 0 Å². The van der Waals surface area contributed by atoms with E-state index in [1.54, 1.807) is 6.92 Å². The monoisotopic (exact) mass is 336 g/mol. The predicted molar refractivity (Wildman–Crippen MR) is 70.6 cm³/mol. The highest BCUT2D eigenvalue weighted by Gasteiger charge is 2.26. The van der Waals surface area contributed by atoms with Gasteiger partial charge in [0.2, 0.25) is 5.91 Å². The second kappa shape index (κ2) is 5.09. The van der Waals surface area contributed by atoms with Crippen LogP contribution in [0.4, 0.5) is 10.1 Å². The van der Waals surface area contributed by atoms with Gasteiger partial charge in [-0.3, -0.25) is 4.79 Å². The van der Waals surface area contributed by atoms with Crippen molar-refractivity contribution in [3.63, 3.8) is 0 Å². The van der Waals surface area contributed by atoms with Crippen LogP contribution in [0.25, 0.3) is 0 Å². The molecule has 0 aliphatic carbocycles. The van der Waals surface area contributed by atoms with E-state index in [9.17, 15) is 9.18 Å². The molecule has 1 atom stereocenters. The number of carbonyl (C=O) groups excluding carboxylic acids is 1. The van der Waals surface area contributed by atoms with E-state index < -0.39 is 5.54 Å². The van der Waals surface area contributed by atoms with Crippen molar-refractivity contribution in [1.82, 2.24) is 0 Å². The van der Waals surface area contributed by atoms with Gasteiger partial charge in [-0.25, -0.2) is 4.39 Å². The van der Waals surface area contributed by atoms with Crippen molar-refractivity contribution < 1.29 is 9.18 Å². The van der Waals surface area contributed by atoms with Gasteiger partial charge >= 0.3 is 0 Å². The molecule has 1 amide bonds. The van der Waals surface area contributed by atoms with Crippen LogP contribution >= 0.6 is 22.6 Å². The summed E-state index contributed by atoms with van der Waals surface area (Å²) in [4.78, 5) is 11.8. The third-order valence-electron chi connectivity index (χ3n) is 2.43. The number of nitrogens with one attached hydrogen (secondary N) is 1. The minimum atomic E-state index is -0.905. The fourth-order valence-corrected chi connectivity index (χ4v) is 1.63. The third-order valence-corrected chi connectivity index (χ3v) is 3.33. The first-order valence-electron chi connectivity index (χ1n) is 4.92. The number of rotatable bonds is 3. The quantitative estimate of drug-likeness (QED) is 0.834. The molecular formula is C11H14FIN2O. The summed E-state index contributed by atoms with van der Waals surface area (Å²) in [6.07, 6.45) is 0.538. The number of hydrogen-bond acceptors (Lipinski definition) is 2. The summed E-state index contributed by atoms with van der Waals surface area (Å²) in [6, 6.07) is 4.19. The van der Waals surface area contributed by atoms with Crippen LogP contribution in [0.5, 0.6) is 0 Å². The van der Waals surface area contributed by atoms with Gasteiger partial charge in [-0.15, -0.1) is 0 Å². The van der Waals surface area contributed by atoms with E-state index in [4.69, 9.17) is 5.73 Å². The fourth-order valence-electron chi connectivity index (χ4n) is 1.02. The second-order valence-electron chi connectivity index (χ2n) is 3.85. The Labute approximate surface area is 108 Å². The smallest absolute Gasteiger partial charge is 0.244 e. The minimum Gasteiger partial charge on any atom is -0.324 e. The number of anilines is 1. The second-order valence-corrected chi connectivity index (χ2v) is 5.01. The minimum absolute atomic E-state index is 0.264. The molecule has 0 aliphatic rings. The van der Waals surface area contributed by atoms with Gasteiger partial charge in [0, 0.05) is 3.57 Å². The normalized spacial score (nSPS) is 14.3. The third kappa shape index (κ3) is 3.15. The molecule has 1 aromatic carbocycles. The first-order chi connectivity index (χ1) is 7.36. The summed E-state index contributed by atoms with van der Waals surface area (Å²) in [7, 11) is 0. The van der Waals surface area contributed by atoms with Crippen molar-refractivity contribution >= 4 is 34.2 Å². The standard InChI is InChI=1S/C11H14FIN2O/c1-3-11(2,14)10(16)15-9-5-4-7(12)6-8(9)13/h4-6H,3,14H2,1-2H3,(H,15,16). The molecule has 0 spiro atoms. The zero-order valence-corrected chi connectivity index (χ0v) is 11.3. The zero-order chi connectivity index (χ0) is 12.3.